The molecule has 2 N–H and O–H groups in total. The van der Waals surface area contributed by atoms with Gasteiger partial charge in [-0.3, -0.25) is 4.90 Å². The Kier molecular flexibility index (Phi) is 8.26. The largest absolute Gasteiger partial charge is 0.494 e. The molecule has 4 nitrogen and oxygen atoms in total. The Labute approximate surface area is 122 Å². The normalized spacial score (nSPS) is 12.7. The molecule has 0 bridgehead atoms. The van der Waals surface area contributed by atoms with Crippen LogP contribution in [0.2, 0.25) is 0 Å². The third kappa shape index (κ3) is 5.12. The molecule has 1 unspecified atom stereocenters. The van der Waals surface area contributed by atoms with Crippen LogP contribution in [0.15, 0.2) is 24.3 Å². The van der Waals surface area contributed by atoms with Gasteiger partial charge in [-0.15, -0.1) is 0 Å². The zero-order chi connectivity index (χ0) is 14.8. The van der Waals surface area contributed by atoms with Crippen LogP contribution in [0.5, 0.6) is 5.75 Å². The van der Waals surface area contributed by atoms with Crippen molar-refractivity contribution < 1.29 is 9.47 Å². The van der Waals surface area contributed by atoms with Crippen LogP contribution in [0.25, 0.3) is 0 Å². The van der Waals surface area contributed by atoms with Gasteiger partial charge in [0.15, 0.2) is 0 Å². The van der Waals surface area contributed by atoms with Gasteiger partial charge >= 0.3 is 0 Å². The molecular weight excluding hydrogens is 252 g/mol. The second-order valence-corrected chi connectivity index (χ2v) is 4.79. The number of rotatable bonds is 10. The predicted octanol–water partition coefficient (Wildman–Crippen LogP) is 2.44. The number of nitrogens with zero attached hydrogens (tertiary/aromatic N) is 1. The summed E-state index contributed by atoms with van der Waals surface area (Å²) in [5.74, 6) is 0.923. The lowest BCUT2D eigenvalue weighted by molar-refractivity contribution is 0.125. The van der Waals surface area contributed by atoms with E-state index in [0.29, 0.717) is 6.54 Å². The first-order valence-electron chi connectivity index (χ1n) is 7.42. The fraction of sp³-hybridized carbons (Fsp3) is 0.625. The molecule has 0 aliphatic rings. The number of hydrogen-bond donors (Lipinski definition) is 1. The van der Waals surface area contributed by atoms with E-state index in [1.165, 1.54) is 5.56 Å². The summed E-state index contributed by atoms with van der Waals surface area (Å²) in [4.78, 5) is 2.34. The van der Waals surface area contributed by atoms with E-state index in [-0.39, 0.29) is 6.04 Å². The van der Waals surface area contributed by atoms with Crippen LogP contribution in [-0.4, -0.2) is 44.9 Å². The van der Waals surface area contributed by atoms with Crippen LogP contribution in [0.4, 0.5) is 0 Å². The van der Waals surface area contributed by atoms with Crippen molar-refractivity contribution in [1.82, 2.24) is 4.90 Å². The van der Waals surface area contributed by atoms with E-state index in [4.69, 9.17) is 15.2 Å². The van der Waals surface area contributed by atoms with Crippen molar-refractivity contribution in [2.24, 2.45) is 5.73 Å². The number of benzene rings is 1. The van der Waals surface area contributed by atoms with Gasteiger partial charge in [-0.05, 0) is 30.7 Å². The molecular formula is C16H28N2O2. The molecule has 114 valence electrons. The minimum absolute atomic E-state index is 0.232. The Hall–Kier alpha value is -1.10. The molecule has 0 aliphatic carbocycles. The van der Waals surface area contributed by atoms with Gasteiger partial charge in [0, 0.05) is 26.2 Å². The van der Waals surface area contributed by atoms with Gasteiger partial charge in [0.25, 0.3) is 0 Å². The molecule has 0 fully saturated rings. The maximum Gasteiger partial charge on any atom is 0.119 e. The molecule has 1 aromatic rings. The lowest BCUT2D eigenvalue weighted by Crippen LogP contribution is -2.35. The van der Waals surface area contributed by atoms with Crippen molar-refractivity contribution in [3.63, 3.8) is 0 Å². The van der Waals surface area contributed by atoms with E-state index in [2.05, 4.69) is 30.9 Å². The molecule has 1 rings (SSSR count). The van der Waals surface area contributed by atoms with Crippen molar-refractivity contribution in [1.29, 1.82) is 0 Å². The van der Waals surface area contributed by atoms with Crippen molar-refractivity contribution >= 4 is 0 Å². The summed E-state index contributed by atoms with van der Waals surface area (Å²) < 4.78 is 10.8. The Morgan fingerprint density at radius 3 is 2.35 bits per heavy atom. The highest BCUT2D eigenvalue weighted by molar-refractivity contribution is 5.29. The number of methoxy groups -OCH3 is 1. The number of hydrogen-bond acceptors (Lipinski definition) is 4. The molecule has 4 heteroatoms. The summed E-state index contributed by atoms with van der Waals surface area (Å²) in [6, 6.07) is 8.50. The van der Waals surface area contributed by atoms with Crippen LogP contribution in [0.1, 0.15) is 31.9 Å². The fourth-order valence-corrected chi connectivity index (χ4v) is 2.24. The molecule has 0 radical (unpaired) electrons. The monoisotopic (exact) mass is 280 g/mol. The molecule has 0 aliphatic heterocycles. The van der Waals surface area contributed by atoms with Gasteiger partial charge in [0.2, 0.25) is 0 Å². The summed E-state index contributed by atoms with van der Waals surface area (Å²) >= 11 is 0. The first-order chi connectivity index (χ1) is 9.76. The highest BCUT2D eigenvalue weighted by Crippen LogP contribution is 2.22. The Balaban J connectivity index is 2.72. The van der Waals surface area contributed by atoms with E-state index in [1.54, 1.807) is 7.11 Å². The quantitative estimate of drug-likeness (QED) is 0.715. The first kappa shape index (κ1) is 17.0. The zero-order valence-corrected chi connectivity index (χ0v) is 13.0. The fourth-order valence-electron chi connectivity index (χ4n) is 2.24. The highest BCUT2D eigenvalue weighted by Gasteiger charge is 2.17. The number of nitrogens with two attached hydrogens (primary N) is 1. The number of likely N-dealkylation sites (N-methyl/N-ethyl adjacent to an activating group) is 1. The Morgan fingerprint density at radius 1 is 1.15 bits per heavy atom. The number of ether oxygens (including phenoxy) is 2. The molecule has 0 aromatic heterocycles. The second-order valence-electron chi connectivity index (χ2n) is 4.79. The summed E-state index contributed by atoms with van der Waals surface area (Å²) in [6.45, 7) is 8.19. The maximum absolute atomic E-state index is 5.96. The molecule has 0 heterocycles. The van der Waals surface area contributed by atoms with Crippen LogP contribution >= 0.6 is 0 Å². The van der Waals surface area contributed by atoms with E-state index >= 15 is 0 Å². The molecule has 0 saturated heterocycles. The topological polar surface area (TPSA) is 47.7 Å². The minimum Gasteiger partial charge on any atom is -0.494 e. The standard InChI is InChI=1S/C16H28N2O2/c1-4-11-20-15-8-6-14(7-9-15)16(13-17)18(5-2)10-12-19-3/h6-9,16H,4-5,10-13,17H2,1-3H3. The van der Waals surface area contributed by atoms with E-state index in [1.807, 2.05) is 12.1 Å². The average molecular weight is 280 g/mol. The summed E-state index contributed by atoms with van der Waals surface area (Å²) in [5, 5.41) is 0. The molecule has 0 spiro atoms. The zero-order valence-electron chi connectivity index (χ0n) is 13.0. The van der Waals surface area contributed by atoms with E-state index in [9.17, 15) is 0 Å². The highest BCUT2D eigenvalue weighted by atomic mass is 16.5. The molecule has 1 aromatic carbocycles. The van der Waals surface area contributed by atoms with Crippen LogP contribution in [0, 0.1) is 0 Å². The van der Waals surface area contributed by atoms with Gasteiger partial charge in [-0.1, -0.05) is 26.0 Å². The molecule has 0 saturated carbocycles. The van der Waals surface area contributed by atoms with Crippen LogP contribution < -0.4 is 10.5 Å². The van der Waals surface area contributed by atoms with Crippen molar-refractivity contribution in [3.05, 3.63) is 29.8 Å². The lowest BCUT2D eigenvalue weighted by atomic mass is 10.1. The van der Waals surface area contributed by atoms with E-state index < -0.39 is 0 Å². The van der Waals surface area contributed by atoms with Crippen LogP contribution in [0.3, 0.4) is 0 Å². The van der Waals surface area contributed by atoms with Gasteiger partial charge in [-0.2, -0.15) is 0 Å². The minimum atomic E-state index is 0.232. The van der Waals surface area contributed by atoms with Gasteiger partial charge in [0.05, 0.1) is 13.2 Å². The maximum atomic E-state index is 5.96. The SMILES string of the molecule is CCCOc1ccc(C(CN)N(CC)CCOC)cc1. The van der Waals surface area contributed by atoms with Crippen molar-refractivity contribution in [3.8, 4) is 5.75 Å². The van der Waals surface area contributed by atoms with Gasteiger partial charge in [-0.25, -0.2) is 0 Å². The second kappa shape index (κ2) is 9.75. The molecule has 0 amide bonds. The first-order valence-corrected chi connectivity index (χ1v) is 7.42. The van der Waals surface area contributed by atoms with E-state index in [0.717, 1.165) is 38.5 Å². The summed E-state index contributed by atoms with van der Waals surface area (Å²) in [6.07, 6.45) is 1.02. The Bertz CT molecular complexity index is 354. The van der Waals surface area contributed by atoms with Crippen LogP contribution in [-0.2, 0) is 4.74 Å². The van der Waals surface area contributed by atoms with Gasteiger partial charge in [0.1, 0.15) is 5.75 Å². The smallest absolute Gasteiger partial charge is 0.119 e. The third-order valence-corrected chi connectivity index (χ3v) is 3.39. The average Bonchev–Trinajstić information content (AvgIpc) is 2.50. The van der Waals surface area contributed by atoms with Crippen molar-refractivity contribution in [2.75, 3.05) is 40.0 Å². The predicted molar refractivity (Wildman–Crippen MR) is 83.1 cm³/mol. The third-order valence-electron chi connectivity index (χ3n) is 3.39. The lowest BCUT2D eigenvalue weighted by Gasteiger charge is -2.30. The summed E-state index contributed by atoms with van der Waals surface area (Å²) in [5.41, 5.74) is 7.19. The van der Waals surface area contributed by atoms with Crippen molar-refractivity contribution in [2.45, 2.75) is 26.3 Å². The summed E-state index contributed by atoms with van der Waals surface area (Å²) in [7, 11) is 1.73. The Morgan fingerprint density at radius 2 is 1.85 bits per heavy atom. The molecule has 20 heavy (non-hydrogen) atoms. The van der Waals surface area contributed by atoms with Gasteiger partial charge < -0.3 is 15.2 Å². The molecule has 1 atom stereocenters.